The first-order chi connectivity index (χ1) is 27.4. The lowest BCUT2D eigenvalue weighted by Crippen LogP contribution is -2.41. The van der Waals surface area contributed by atoms with Gasteiger partial charge in [0.2, 0.25) is 11.8 Å². The van der Waals surface area contributed by atoms with E-state index in [1.807, 2.05) is 76.2 Å². The number of benzene rings is 1. The van der Waals surface area contributed by atoms with Crippen LogP contribution in [0.25, 0.3) is 44.9 Å². The van der Waals surface area contributed by atoms with Crippen LogP contribution in [-0.4, -0.2) is 57.9 Å². The topological polar surface area (TPSA) is 147 Å². The molecule has 0 spiro atoms. The second-order valence-electron chi connectivity index (χ2n) is 15.3. The molecule has 2 N–H and O–H groups in total. The summed E-state index contributed by atoms with van der Waals surface area (Å²) in [7, 11) is 2.76. The van der Waals surface area contributed by atoms with Crippen molar-refractivity contribution in [2.24, 2.45) is 11.8 Å². The van der Waals surface area contributed by atoms with E-state index in [1.54, 1.807) is 12.1 Å². The van der Waals surface area contributed by atoms with Gasteiger partial charge in [0.1, 0.15) is 0 Å². The third kappa shape index (κ3) is 6.03. The van der Waals surface area contributed by atoms with Crippen molar-refractivity contribution in [2.75, 3.05) is 19.1 Å². The predicted molar refractivity (Wildman–Crippen MR) is 221 cm³/mol. The van der Waals surface area contributed by atoms with Crippen LogP contribution in [0.5, 0.6) is 0 Å². The van der Waals surface area contributed by atoms with Gasteiger partial charge < -0.3 is 19.4 Å². The number of allylic oxidation sites excluding steroid dienone is 4. The Morgan fingerprint density at radius 1 is 0.842 bits per heavy atom. The number of amides is 2. The Balaban J connectivity index is 1.42. The first-order valence-corrected chi connectivity index (χ1v) is 19.2. The van der Waals surface area contributed by atoms with Crippen molar-refractivity contribution in [3.8, 4) is 0 Å². The highest BCUT2D eigenvalue weighted by Crippen LogP contribution is 2.56. The van der Waals surface area contributed by atoms with E-state index in [9.17, 15) is 19.2 Å². The van der Waals surface area contributed by atoms with Crippen LogP contribution in [0.15, 0.2) is 67.3 Å². The van der Waals surface area contributed by atoms with Gasteiger partial charge in [-0.05, 0) is 117 Å². The summed E-state index contributed by atoms with van der Waals surface area (Å²) in [6.45, 7) is 12.2. The van der Waals surface area contributed by atoms with Crippen molar-refractivity contribution in [1.82, 2.24) is 19.9 Å². The van der Waals surface area contributed by atoms with E-state index in [0.29, 0.717) is 42.0 Å². The number of aromatic nitrogens is 4. The van der Waals surface area contributed by atoms with Crippen LogP contribution < -0.4 is 4.90 Å². The average Bonchev–Trinajstić information content (AvgIpc) is 3.92. The molecule has 4 aromatic rings. The largest absolute Gasteiger partial charge is 0.469 e. The van der Waals surface area contributed by atoms with Crippen molar-refractivity contribution >= 4 is 74.3 Å². The average molecular weight is 764 g/mol. The summed E-state index contributed by atoms with van der Waals surface area (Å²) in [5.74, 6) is -2.33. The van der Waals surface area contributed by atoms with Gasteiger partial charge in [-0.1, -0.05) is 36.9 Å². The molecular weight excluding hydrogens is 719 g/mol. The number of hydrogen-bond donors (Lipinski definition) is 2. The van der Waals surface area contributed by atoms with E-state index in [2.05, 4.69) is 22.6 Å². The van der Waals surface area contributed by atoms with Crippen LogP contribution in [0.2, 0.25) is 0 Å². The van der Waals surface area contributed by atoms with Gasteiger partial charge in [-0.2, -0.15) is 0 Å². The molecule has 290 valence electrons. The zero-order valence-corrected chi connectivity index (χ0v) is 33.0. The molecule has 57 heavy (non-hydrogen) atoms. The number of fused-ring (bicyclic) bond motifs is 13. The second-order valence-corrected chi connectivity index (χ2v) is 15.3. The first-order valence-electron chi connectivity index (χ1n) is 19.2. The Kier molecular flexibility index (Phi) is 9.42. The number of aromatic amines is 2. The maximum absolute atomic E-state index is 14.6. The van der Waals surface area contributed by atoms with Gasteiger partial charge in [0.05, 0.1) is 54.5 Å². The second kappa shape index (κ2) is 14.3. The van der Waals surface area contributed by atoms with Gasteiger partial charge in [0.15, 0.2) is 0 Å². The maximum Gasteiger partial charge on any atom is 0.305 e. The van der Waals surface area contributed by atoms with Crippen LogP contribution in [0.3, 0.4) is 0 Å². The highest BCUT2D eigenvalue weighted by Gasteiger charge is 2.61. The van der Waals surface area contributed by atoms with E-state index in [-0.39, 0.29) is 36.6 Å². The summed E-state index contributed by atoms with van der Waals surface area (Å²) >= 11 is 0. The number of H-pyrrole nitrogens is 2. The SMILES string of the molecule is C=Cc1c(C)c2cc3nc(cc4[nH]c(cc5nc(cc1[nH]2)[C@@]1(C)C5=CC[C@H]2C(=O)N(c5ccccc5)C(=O)[C@H]21)c(C)c4CCC(=O)OC)C(CCC(=O)OC)=C3C. The summed E-state index contributed by atoms with van der Waals surface area (Å²) < 4.78 is 10.0. The zero-order valence-electron chi connectivity index (χ0n) is 33.0. The Bertz CT molecular complexity index is 2650. The van der Waals surface area contributed by atoms with Gasteiger partial charge in [0.25, 0.3) is 0 Å². The van der Waals surface area contributed by atoms with E-state index >= 15 is 0 Å². The number of rotatable bonds is 8. The molecule has 11 heteroatoms. The van der Waals surface area contributed by atoms with E-state index in [4.69, 9.17) is 19.4 Å². The van der Waals surface area contributed by atoms with Crippen molar-refractivity contribution in [1.29, 1.82) is 0 Å². The molecule has 8 bridgehead atoms. The molecule has 0 radical (unpaired) electrons. The van der Waals surface area contributed by atoms with Crippen molar-refractivity contribution in [3.63, 3.8) is 0 Å². The standard InChI is InChI=1S/C46H45N5O6/c1-8-28-24(2)33-20-34-25(3)29(15-18-41(52)56-6)36(47-34)22-37-30(16-19-42(53)57-7)26(4)35(48-37)21-39-32-17-14-31-43(46(32,5)40(50-39)23-38(28)49-33)45(55)51(44(31)54)27-12-10-9-11-13-27/h8-13,17,20-23,31,43,48-49H,1,14-16,18-19H2,2-7H3/t31-,43+,46-/m1/s1. The number of carbonyl (C=O) groups excluding carboxylic acids is 4. The van der Waals surface area contributed by atoms with Crippen LogP contribution in [0, 0.1) is 25.7 Å². The number of methoxy groups -OCH3 is 2. The minimum atomic E-state index is -0.948. The van der Waals surface area contributed by atoms with Gasteiger partial charge in [-0.3, -0.25) is 29.1 Å². The number of anilines is 1. The number of esters is 2. The molecule has 3 aromatic heterocycles. The highest BCUT2D eigenvalue weighted by atomic mass is 16.5. The molecule has 8 rings (SSSR count). The lowest BCUT2D eigenvalue weighted by atomic mass is 9.61. The fraction of sp³-hybridized carbons (Fsp3) is 0.304. The van der Waals surface area contributed by atoms with Gasteiger partial charge in [0, 0.05) is 45.9 Å². The molecule has 6 heterocycles. The molecule has 3 atom stereocenters. The Morgan fingerprint density at radius 2 is 1.49 bits per heavy atom. The molecule has 1 saturated heterocycles. The third-order valence-corrected chi connectivity index (χ3v) is 12.4. The molecule has 4 aliphatic rings. The molecule has 3 aliphatic heterocycles. The number of aryl methyl sites for hydroxylation is 3. The summed E-state index contributed by atoms with van der Waals surface area (Å²) in [6, 6.07) is 17.1. The van der Waals surface area contributed by atoms with Crippen molar-refractivity contribution < 1.29 is 28.7 Å². The van der Waals surface area contributed by atoms with Crippen LogP contribution in [0.1, 0.15) is 84.6 Å². The van der Waals surface area contributed by atoms with Crippen LogP contribution in [-0.2, 0) is 40.5 Å². The number of ether oxygens (including phenoxy) is 2. The molecule has 2 amide bonds. The quantitative estimate of drug-likeness (QED) is 0.135. The molecule has 1 fully saturated rings. The molecular formula is C46H45N5O6. The molecule has 0 saturated carbocycles. The molecule has 11 nitrogen and oxygen atoms in total. The number of carbonyl (C=O) groups is 4. The van der Waals surface area contributed by atoms with E-state index < -0.39 is 17.3 Å². The Hall–Kier alpha value is -6.36. The Labute approximate surface area is 330 Å². The summed E-state index contributed by atoms with van der Waals surface area (Å²) in [5, 5.41) is 0. The van der Waals surface area contributed by atoms with Crippen molar-refractivity contribution in [2.45, 2.75) is 65.2 Å². The minimum Gasteiger partial charge on any atom is -0.469 e. The third-order valence-electron chi connectivity index (χ3n) is 12.4. The zero-order chi connectivity index (χ0) is 40.3. The minimum absolute atomic E-state index is 0.172. The summed E-state index contributed by atoms with van der Waals surface area (Å²) in [5.41, 5.74) is 12.0. The first kappa shape index (κ1) is 37.6. The lowest BCUT2D eigenvalue weighted by Gasteiger charge is -2.37. The van der Waals surface area contributed by atoms with Gasteiger partial charge in [-0.15, -0.1) is 0 Å². The number of imide groups is 1. The van der Waals surface area contributed by atoms with Gasteiger partial charge >= 0.3 is 11.9 Å². The smallest absolute Gasteiger partial charge is 0.305 e. The predicted octanol–water partition coefficient (Wildman–Crippen LogP) is 8.11. The number of nitrogens with one attached hydrogen (secondary N) is 2. The van der Waals surface area contributed by atoms with Crippen molar-refractivity contribution in [3.05, 3.63) is 112 Å². The fourth-order valence-electron chi connectivity index (χ4n) is 9.19. The normalized spacial score (nSPS) is 20.0. The summed E-state index contributed by atoms with van der Waals surface area (Å²) in [6.07, 6.45) is 5.48. The number of para-hydroxylation sites is 1. The monoisotopic (exact) mass is 763 g/mol. The van der Waals surface area contributed by atoms with Crippen LogP contribution in [0.4, 0.5) is 5.69 Å². The summed E-state index contributed by atoms with van der Waals surface area (Å²) in [4.78, 5) is 72.5. The molecule has 0 unspecified atom stereocenters. The van der Waals surface area contributed by atoms with E-state index in [0.717, 1.165) is 66.7 Å². The van der Waals surface area contributed by atoms with Gasteiger partial charge in [-0.25, -0.2) is 4.98 Å². The maximum atomic E-state index is 14.6. The number of nitrogens with zero attached hydrogens (tertiary/aromatic N) is 3. The Morgan fingerprint density at radius 3 is 2.19 bits per heavy atom. The van der Waals surface area contributed by atoms with Crippen LogP contribution >= 0.6 is 0 Å². The lowest BCUT2D eigenvalue weighted by molar-refractivity contribution is -0.141. The van der Waals surface area contributed by atoms with E-state index in [1.165, 1.54) is 19.1 Å². The number of hydrogen-bond acceptors (Lipinski definition) is 8. The molecule has 1 aliphatic carbocycles. The highest BCUT2D eigenvalue weighted by molar-refractivity contribution is 6.23. The molecule has 1 aromatic carbocycles. The fourth-order valence-corrected chi connectivity index (χ4v) is 9.19.